The molecule has 129 valence electrons. The Hall–Kier alpha value is -2.34. The lowest BCUT2D eigenvalue weighted by Crippen LogP contribution is -2.22. The number of hydrogen-bond donors (Lipinski definition) is 0. The van der Waals surface area contributed by atoms with Gasteiger partial charge in [-0.2, -0.15) is 0 Å². The van der Waals surface area contributed by atoms with E-state index in [1.54, 1.807) is 0 Å². The second-order valence-electron chi connectivity index (χ2n) is 3.54. The molecule has 0 aromatic heterocycles. The Bertz CT molecular complexity index is 536. The van der Waals surface area contributed by atoms with Gasteiger partial charge in [-0.3, -0.25) is 4.79 Å². The number of hydrogen-bond acceptors (Lipinski definition) is 4. The van der Waals surface area contributed by atoms with Crippen LogP contribution in [0.4, 0.5) is 39.5 Å². The van der Waals surface area contributed by atoms with Crippen LogP contribution in [0.5, 0.6) is 17.2 Å². The van der Waals surface area contributed by atoms with E-state index in [4.69, 9.17) is 0 Å². The molecule has 0 aliphatic carbocycles. The summed E-state index contributed by atoms with van der Waals surface area (Å²) in [7, 11) is 0. The van der Waals surface area contributed by atoms with E-state index in [2.05, 4.69) is 14.2 Å². The molecule has 23 heavy (non-hydrogen) atoms. The summed E-state index contributed by atoms with van der Waals surface area (Å²) in [6.45, 7) is 0. The van der Waals surface area contributed by atoms with Crippen LogP contribution in [-0.2, 0) is 4.79 Å². The summed E-state index contributed by atoms with van der Waals surface area (Å²) in [5.74, 6) is -4.96. The predicted molar refractivity (Wildman–Crippen MR) is 51.3 cm³/mol. The molecule has 0 amide bonds. The first-order valence-corrected chi connectivity index (χ1v) is 5.03. The molecular weight excluding hydrogens is 355 g/mol. The van der Waals surface area contributed by atoms with E-state index >= 15 is 0 Å². The smallest absolute Gasteiger partial charge is 0.406 e. The molecule has 0 saturated heterocycles. The van der Waals surface area contributed by atoms with Crippen LogP contribution in [0.15, 0.2) is 12.1 Å². The Labute approximate surface area is 120 Å². The SMILES string of the molecule is O=[C]c1c(OC(F)(F)F)cc(OC(F)(F)F)cc1OC(F)(F)F. The number of ether oxygens (including phenoxy) is 3. The summed E-state index contributed by atoms with van der Waals surface area (Å²) in [4.78, 5) is 10.5. The van der Waals surface area contributed by atoms with Crippen molar-refractivity contribution in [3.05, 3.63) is 17.7 Å². The van der Waals surface area contributed by atoms with Crippen molar-refractivity contribution in [2.24, 2.45) is 0 Å². The maximum Gasteiger partial charge on any atom is 0.573 e. The lowest BCUT2D eigenvalue weighted by atomic mass is 10.2. The van der Waals surface area contributed by atoms with E-state index in [9.17, 15) is 44.3 Å². The van der Waals surface area contributed by atoms with Gasteiger partial charge in [0, 0.05) is 12.1 Å². The zero-order valence-corrected chi connectivity index (χ0v) is 10.2. The Balaban J connectivity index is 3.43. The maximum atomic E-state index is 12.1. The predicted octanol–water partition coefficient (Wildman–Crippen LogP) is 3.84. The topological polar surface area (TPSA) is 44.8 Å². The van der Waals surface area contributed by atoms with E-state index in [0.29, 0.717) is 6.29 Å². The third kappa shape index (κ3) is 6.52. The molecule has 0 atom stereocenters. The summed E-state index contributed by atoms with van der Waals surface area (Å²) in [5, 5.41) is 0. The molecule has 0 fully saturated rings. The van der Waals surface area contributed by atoms with E-state index in [0.717, 1.165) is 0 Å². The van der Waals surface area contributed by atoms with Gasteiger partial charge in [0.15, 0.2) is 0 Å². The lowest BCUT2D eigenvalue weighted by molar-refractivity contribution is -0.278. The van der Waals surface area contributed by atoms with Gasteiger partial charge in [-0.05, 0) is 0 Å². The fourth-order valence-electron chi connectivity index (χ4n) is 1.27. The first kappa shape index (κ1) is 18.7. The number of alkyl halides is 9. The number of carbonyl (C=O) groups excluding carboxylic acids is 1. The van der Waals surface area contributed by atoms with E-state index in [1.807, 2.05) is 0 Å². The first-order valence-electron chi connectivity index (χ1n) is 5.03. The molecule has 0 unspecified atom stereocenters. The Morgan fingerprint density at radius 2 is 1.04 bits per heavy atom. The van der Waals surface area contributed by atoms with Crippen molar-refractivity contribution in [3.8, 4) is 17.2 Å². The molecule has 0 aliphatic heterocycles. The summed E-state index contributed by atoms with van der Waals surface area (Å²) in [5.41, 5.74) is -1.53. The number of rotatable bonds is 4. The van der Waals surface area contributed by atoms with Crippen LogP contribution in [0.25, 0.3) is 0 Å². The van der Waals surface area contributed by atoms with Gasteiger partial charge in [-0.15, -0.1) is 39.5 Å². The van der Waals surface area contributed by atoms with Crippen LogP contribution in [-0.4, -0.2) is 25.4 Å². The Morgan fingerprint density at radius 1 is 0.696 bits per heavy atom. The molecule has 1 rings (SSSR count). The van der Waals surface area contributed by atoms with Crippen molar-refractivity contribution < 1.29 is 58.5 Å². The van der Waals surface area contributed by atoms with Gasteiger partial charge in [0.1, 0.15) is 22.8 Å². The van der Waals surface area contributed by atoms with Crippen LogP contribution in [0.1, 0.15) is 5.56 Å². The molecule has 0 N–H and O–H groups in total. The van der Waals surface area contributed by atoms with Gasteiger partial charge in [-0.1, -0.05) is 0 Å². The van der Waals surface area contributed by atoms with E-state index < -0.39 is 41.9 Å². The molecule has 1 radical (unpaired) electrons. The van der Waals surface area contributed by atoms with Gasteiger partial charge in [0.2, 0.25) is 6.29 Å². The van der Waals surface area contributed by atoms with Crippen molar-refractivity contribution >= 4 is 6.29 Å². The molecule has 1 aromatic carbocycles. The molecule has 4 nitrogen and oxygen atoms in total. The molecule has 1 aromatic rings. The van der Waals surface area contributed by atoms with Gasteiger partial charge >= 0.3 is 19.1 Å². The van der Waals surface area contributed by atoms with Crippen LogP contribution < -0.4 is 14.2 Å². The zero-order chi connectivity index (χ0) is 18.1. The number of benzene rings is 1. The standard InChI is InChI=1S/C10H2F9O4/c11-8(12,13)21-4-1-6(22-9(14,15)16)5(3-20)7(2-4)23-10(17,18)19/h1-2H. The normalized spacial score (nSPS) is 12.7. The summed E-state index contributed by atoms with van der Waals surface area (Å²) >= 11 is 0. The summed E-state index contributed by atoms with van der Waals surface area (Å²) in [6.07, 6.45) is -15.8. The molecule has 0 heterocycles. The van der Waals surface area contributed by atoms with Crippen LogP contribution in [0.3, 0.4) is 0 Å². The molecule has 0 spiro atoms. The van der Waals surface area contributed by atoms with Gasteiger partial charge in [0.05, 0.1) is 0 Å². The van der Waals surface area contributed by atoms with Crippen molar-refractivity contribution in [2.45, 2.75) is 19.1 Å². The molecular formula is C10H2F9O4. The zero-order valence-electron chi connectivity index (χ0n) is 10.2. The van der Waals surface area contributed by atoms with Crippen LogP contribution >= 0.6 is 0 Å². The quantitative estimate of drug-likeness (QED) is 0.769. The fraction of sp³-hybridized carbons (Fsp3) is 0.300. The Morgan fingerprint density at radius 3 is 1.30 bits per heavy atom. The Kier molecular flexibility index (Phi) is 4.91. The maximum absolute atomic E-state index is 12.1. The van der Waals surface area contributed by atoms with Gasteiger partial charge in [0.25, 0.3) is 0 Å². The first-order chi connectivity index (χ1) is 10.2. The monoisotopic (exact) mass is 357 g/mol. The minimum absolute atomic E-state index is 0.0928. The summed E-state index contributed by atoms with van der Waals surface area (Å²) in [6, 6.07) is -0.186. The average molecular weight is 357 g/mol. The third-order valence-corrected chi connectivity index (χ3v) is 1.83. The number of halogens is 9. The molecule has 0 bridgehead atoms. The lowest BCUT2D eigenvalue weighted by Gasteiger charge is -2.17. The van der Waals surface area contributed by atoms with Gasteiger partial charge < -0.3 is 14.2 Å². The van der Waals surface area contributed by atoms with E-state index in [-0.39, 0.29) is 12.1 Å². The van der Waals surface area contributed by atoms with Crippen molar-refractivity contribution in [2.75, 3.05) is 0 Å². The van der Waals surface area contributed by atoms with Crippen molar-refractivity contribution in [1.29, 1.82) is 0 Å². The molecule has 13 heteroatoms. The molecule has 0 aliphatic rings. The fourth-order valence-corrected chi connectivity index (χ4v) is 1.27. The second kappa shape index (κ2) is 6.04. The highest BCUT2D eigenvalue weighted by atomic mass is 19.4. The largest absolute Gasteiger partial charge is 0.573 e. The van der Waals surface area contributed by atoms with Crippen molar-refractivity contribution in [1.82, 2.24) is 0 Å². The summed E-state index contributed by atoms with van der Waals surface area (Å²) < 4.78 is 118. The highest BCUT2D eigenvalue weighted by Crippen LogP contribution is 2.39. The minimum atomic E-state index is -5.52. The highest BCUT2D eigenvalue weighted by molar-refractivity contribution is 5.84. The van der Waals surface area contributed by atoms with Gasteiger partial charge in [-0.25, -0.2) is 0 Å². The van der Waals surface area contributed by atoms with Crippen LogP contribution in [0, 0.1) is 0 Å². The van der Waals surface area contributed by atoms with Crippen LogP contribution in [0.2, 0.25) is 0 Å². The molecule has 0 saturated carbocycles. The second-order valence-corrected chi connectivity index (χ2v) is 3.54. The minimum Gasteiger partial charge on any atom is -0.406 e. The average Bonchev–Trinajstić information content (AvgIpc) is 2.21. The third-order valence-electron chi connectivity index (χ3n) is 1.83. The van der Waals surface area contributed by atoms with E-state index in [1.165, 1.54) is 0 Å². The van der Waals surface area contributed by atoms with Crippen molar-refractivity contribution in [3.63, 3.8) is 0 Å². The highest BCUT2D eigenvalue weighted by Gasteiger charge is 2.38.